The van der Waals surface area contributed by atoms with E-state index in [2.05, 4.69) is 4.98 Å². The van der Waals surface area contributed by atoms with Crippen molar-refractivity contribution in [3.8, 4) is 0 Å². The zero-order valence-corrected chi connectivity index (χ0v) is 19.4. The van der Waals surface area contributed by atoms with Crippen molar-refractivity contribution in [1.82, 2.24) is 9.55 Å². The highest BCUT2D eigenvalue weighted by atomic mass is 16.8. The first kappa shape index (κ1) is 25.7. The van der Waals surface area contributed by atoms with Gasteiger partial charge >= 0.3 is 18.0 Å². The van der Waals surface area contributed by atoms with E-state index in [4.69, 9.17) is 23.7 Å². The third-order valence-corrected chi connectivity index (χ3v) is 5.45. The summed E-state index contributed by atoms with van der Waals surface area (Å²) in [7, 11) is 0. The number of hydrogen-bond acceptors (Lipinski definition) is 10. The number of aliphatic hydroxyl groups is 1. The fourth-order valence-corrected chi connectivity index (χ4v) is 3.70. The lowest BCUT2D eigenvalue weighted by Crippen LogP contribution is -2.42. The average Bonchev–Trinajstić information content (AvgIpc) is 3.23. The van der Waals surface area contributed by atoms with Crippen molar-refractivity contribution < 1.29 is 38.4 Å². The number of carbonyl (C=O) groups is 2. The number of aromatic amines is 1. The van der Waals surface area contributed by atoms with Gasteiger partial charge in [0.05, 0.1) is 6.61 Å². The molecule has 12 heteroatoms. The van der Waals surface area contributed by atoms with Crippen molar-refractivity contribution in [2.45, 2.75) is 37.8 Å². The summed E-state index contributed by atoms with van der Waals surface area (Å²) < 4.78 is 27.7. The normalized spacial score (nSPS) is 20.7. The summed E-state index contributed by atoms with van der Waals surface area (Å²) in [6.45, 7) is -0.848. The van der Waals surface area contributed by atoms with Crippen LogP contribution in [-0.2, 0) is 36.9 Å². The molecule has 194 valence electrons. The van der Waals surface area contributed by atoms with Gasteiger partial charge in [0.1, 0.15) is 19.3 Å². The van der Waals surface area contributed by atoms with Gasteiger partial charge in [0.2, 0.25) is 0 Å². The molecule has 0 spiro atoms. The fourth-order valence-electron chi connectivity index (χ4n) is 3.70. The van der Waals surface area contributed by atoms with Crippen LogP contribution in [0.15, 0.2) is 82.5 Å². The quantitative estimate of drug-likeness (QED) is 0.427. The van der Waals surface area contributed by atoms with E-state index < -0.39 is 54.7 Å². The van der Waals surface area contributed by atoms with Gasteiger partial charge in [0.25, 0.3) is 5.56 Å². The van der Waals surface area contributed by atoms with Gasteiger partial charge in [-0.25, -0.2) is 14.4 Å². The molecule has 1 aliphatic rings. The van der Waals surface area contributed by atoms with E-state index in [1.807, 2.05) is 0 Å². The van der Waals surface area contributed by atoms with Crippen molar-refractivity contribution in [3.63, 3.8) is 0 Å². The second-order valence-corrected chi connectivity index (χ2v) is 7.98. The van der Waals surface area contributed by atoms with Crippen LogP contribution in [0.3, 0.4) is 0 Å². The Morgan fingerprint density at radius 3 is 1.89 bits per heavy atom. The number of ether oxygens (including phenoxy) is 5. The molecule has 4 rings (SSSR count). The van der Waals surface area contributed by atoms with E-state index in [9.17, 15) is 24.3 Å². The van der Waals surface area contributed by atoms with Crippen molar-refractivity contribution in [2.24, 2.45) is 0 Å². The molecular formula is C25H24N2O10. The topological polar surface area (TPSA) is 155 Å². The molecule has 2 aromatic carbocycles. The Hall–Kier alpha value is -4.42. The van der Waals surface area contributed by atoms with Gasteiger partial charge in [-0.3, -0.25) is 14.3 Å². The van der Waals surface area contributed by atoms with Gasteiger partial charge in [0.15, 0.2) is 18.4 Å². The second kappa shape index (κ2) is 12.0. The Bertz CT molecular complexity index is 1310. The molecule has 12 nitrogen and oxygen atoms in total. The Kier molecular flexibility index (Phi) is 8.33. The van der Waals surface area contributed by atoms with Gasteiger partial charge < -0.3 is 28.8 Å². The fraction of sp³-hybridized carbons (Fsp3) is 0.280. The summed E-state index contributed by atoms with van der Waals surface area (Å²) in [4.78, 5) is 51.0. The molecule has 2 heterocycles. The molecule has 0 amide bonds. The monoisotopic (exact) mass is 512 g/mol. The number of nitrogens with zero attached hydrogens (tertiary/aromatic N) is 1. The summed E-state index contributed by atoms with van der Waals surface area (Å²) >= 11 is 0. The van der Waals surface area contributed by atoms with Gasteiger partial charge in [-0.2, -0.15) is 0 Å². The maximum atomic E-state index is 12.5. The summed E-state index contributed by atoms with van der Waals surface area (Å²) in [5.41, 5.74) is -0.125. The summed E-state index contributed by atoms with van der Waals surface area (Å²) in [5.74, 6) is 0. The zero-order valence-electron chi connectivity index (χ0n) is 19.4. The van der Waals surface area contributed by atoms with Crippen LogP contribution in [0.2, 0.25) is 0 Å². The molecule has 3 aromatic rings. The number of aliphatic hydroxyl groups excluding tert-OH is 1. The summed E-state index contributed by atoms with van der Waals surface area (Å²) in [5, 5.41) is 9.87. The van der Waals surface area contributed by atoms with Crippen LogP contribution < -0.4 is 11.2 Å². The Labute approximate surface area is 209 Å². The van der Waals surface area contributed by atoms with Gasteiger partial charge in [-0.1, -0.05) is 60.7 Å². The lowest BCUT2D eigenvalue weighted by Gasteiger charge is -2.24. The molecule has 4 atom stereocenters. The molecule has 1 aromatic heterocycles. The van der Waals surface area contributed by atoms with E-state index in [0.717, 1.165) is 16.8 Å². The van der Waals surface area contributed by atoms with Crippen LogP contribution in [0.5, 0.6) is 0 Å². The number of carbonyl (C=O) groups excluding carboxylic acids is 2. The second-order valence-electron chi connectivity index (χ2n) is 7.98. The Morgan fingerprint density at radius 1 is 0.838 bits per heavy atom. The lowest BCUT2D eigenvalue weighted by atomic mass is 10.1. The van der Waals surface area contributed by atoms with Crippen LogP contribution >= 0.6 is 0 Å². The van der Waals surface area contributed by atoms with Crippen LogP contribution in [-0.4, -0.2) is 51.9 Å². The van der Waals surface area contributed by atoms with E-state index in [-0.39, 0.29) is 13.2 Å². The minimum atomic E-state index is -1.44. The maximum absolute atomic E-state index is 12.5. The molecule has 0 aliphatic carbocycles. The molecule has 0 saturated carbocycles. The number of hydrogen-bond donors (Lipinski definition) is 2. The number of rotatable bonds is 8. The highest BCUT2D eigenvalue weighted by molar-refractivity contribution is 5.62. The first-order chi connectivity index (χ1) is 17.9. The largest absolute Gasteiger partial charge is 0.509 e. The first-order valence-electron chi connectivity index (χ1n) is 11.3. The van der Waals surface area contributed by atoms with Crippen LogP contribution in [0.4, 0.5) is 9.59 Å². The van der Waals surface area contributed by atoms with Crippen LogP contribution in [0.1, 0.15) is 17.4 Å². The third kappa shape index (κ3) is 6.63. The van der Waals surface area contributed by atoms with Crippen LogP contribution in [0.25, 0.3) is 0 Å². The summed E-state index contributed by atoms with van der Waals surface area (Å²) in [6.07, 6.45) is -6.49. The van der Waals surface area contributed by atoms with Crippen LogP contribution in [0, 0.1) is 0 Å². The molecule has 37 heavy (non-hydrogen) atoms. The third-order valence-electron chi connectivity index (χ3n) is 5.45. The van der Waals surface area contributed by atoms with Gasteiger partial charge in [0, 0.05) is 12.3 Å². The molecule has 1 unspecified atom stereocenters. The first-order valence-corrected chi connectivity index (χ1v) is 11.3. The molecule has 2 N–H and O–H groups in total. The summed E-state index contributed by atoms with van der Waals surface area (Å²) in [6, 6.07) is 18.7. The highest BCUT2D eigenvalue weighted by Crippen LogP contribution is 2.33. The standard InChI is InChI=1S/C25H24N2O10/c28-13-18-20(36-24(31)33-14-16-7-3-1-4-8-16)21(22(35-18)27-12-11-19(29)26-23(27)30)37-25(32)34-15-17-9-5-2-6-10-17/h1-12,18,20-22,28H,13-15H2,(H,26,29,30)/t18-,20+,21?,22-/m1/s1. The Morgan fingerprint density at radius 2 is 1.38 bits per heavy atom. The van der Waals surface area contributed by atoms with E-state index >= 15 is 0 Å². The number of nitrogens with one attached hydrogen (secondary N) is 1. The van der Waals surface area contributed by atoms with E-state index in [1.165, 1.54) is 0 Å². The van der Waals surface area contributed by atoms with Crippen molar-refractivity contribution in [1.29, 1.82) is 0 Å². The van der Waals surface area contributed by atoms with Gasteiger partial charge in [-0.15, -0.1) is 0 Å². The molecule has 1 aliphatic heterocycles. The van der Waals surface area contributed by atoms with Crippen molar-refractivity contribution in [3.05, 3.63) is 105 Å². The molecule has 1 fully saturated rings. The maximum Gasteiger partial charge on any atom is 0.509 e. The zero-order chi connectivity index (χ0) is 26.2. The SMILES string of the molecule is O=C(OCc1ccccc1)OC1[C@@H](OC(=O)OCc2ccccc2)[C@@H](CO)O[C@H]1n1ccc(=O)[nH]c1=O. The molecule has 0 radical (unpaired) electrons. The smallest absolute Gasteiger partial charge is 0.429 e. The number of H-pyrrole nitrogens is 1. The van der Waals surface area contributed by atoms with Gasteiger partial charge in [-0.05, 0) is 11.1 Å². The number of benzene rings is 2. The Balaban J connectivity index is 1.52. The predicted molar refractivity (Wildman–Crippen MR) is 125 cm³/mol. The lowest BCUT2D eigenvalue weighted by molar-refractivity contribution is -0.0685. The molecular weight excluding hydrogens is 488 g/mol. The minimum absolute atomic E-state index is 0.0928. The van der Waals surface area contributed by atoms with Crippen molar-refractivity contribution >= 4 is 12.3 Å². The highest BCUT2D eigenvalue weighted by Gasteiger charge is 2.51. The van der Waals surface area contributed by atoms with E-state index in [1.54, 1.807) is 60.7 Å². The minimum Gasteiger partial charge on any atom is -0.429 e. The molecule has 0 bridgehead atoms. The average molecular weight is 512 g/mol. The molecule has 1 saturated heterocycles. The van der Waals surface area contributed by atoms with E-state index in [0.29, 0.717) is 11.1 Å². The van der Waals surface area contributed by atoms with Crippen molar-refractivity contribution in [2.75, 3.05) is 6.61 Å². The number of aromatic nitrogens is 2. The predicted octanol–water partition coefficient (Wildman–Crippen LogP) is 1.87.